The van der Waals surface area contributed by atoms with Gasteiger partial charge in [-0.25, -0.2) is 4.39 Å². The highest BCUT2D eigenvalue weighted by Crippen LogP contribution is 2.32. The van der Waals surface area contributed by atoms with E-state index in [2.05, 4.69) is 13.0 Å². The zero-order chi connectivity index (χ0) is 13.4. The molecule has 0 aliphatic carbocycles. The molecule has 0 spiro atoms. The van der Waals surface area contributed by atoms with E-state index < -0.39 is 0 Å². The van der Waals surface area contributed by atoms with Gasteiger partial charge in [0.25, 0.3) is 0 Å². The first-order chi connectivity index (χ1) is 9.20. The molecule has 2 N–H and O–H groups in total. The standard InChI is InChI=1S/C15H14FNOS/c1-2-9-6-7-19-15(9)13(17)12-8-10-4-3-5-11(16)14(10)18-12/h3-8,13H,2,17H2,1H3. The van der Waals surface area contributed by atoms with Gasteiger partial charge in [-0.1, -0.05) is 19.1 Å². The third-order valence-electron chi connectivity index (χ3n) is 3.27. The molecule has 2 aromatic heterocycles. The summed E-state index contributed by atoms with van der Waals surface area (Å²) in [5.41, 5.74) is 7.75. The van der Waals surface area contributed by atoms with Crippen LogP contribution in [0.2, 0.25) is 0 Å². The van der Waals surface area contributed by atoms with Crippen LogP contribution < -0.4 is 5.73 Å². The molecular formula is C15H14FNOS. The maximum atomic E-state index is 13.6. The van der Waals surface area contributed by atoms with E-state index in [1.165, 1.54) is 11.6 Å². The summed E-state index contributed by atoms with van der Waals surface area (Å²) in [5, 5.41) is 2.78. The Hall–Kier alpha value is -1.65. The van der Waals surface area contributed by atoms with E-state index in [0.717, 1.165) is 16.7 Å². The lowest BCUT2D eigenvalue weighted by Gasteiger charge is -2.08. The van der Waals surface area contributed by atoms with Crippen molar-refractivity contribution in [2.45, 2.75) is 19.4 Å². The van der Waals surface area contributed by atoms with Crippen LogP contribution in [0.5, 0.6) is 0 Å². The Labute approximate surface area is 114 Å². The van der Waals surface area contributed by atoms with Crippen molar-refractivity contribution in [1.82, 2.24) is 0 Å². The van der Waals surface area contributed by atoms with Crippen LogP contribution in [0.15, 0.2) is 40.1 Å². The number of hydrogen-bond acceptors (Lipinski definition) is 3. The molecule has 1 unspecified atom stereocenters. The predicted molar refractivity (Wildman–Crippen MR) is 75.9 cm³/mol. The zero-order valence-electron chi connectivity index (χ0n) is 10.5. The quantitative estimate of drug-likeness (QED) is 0.776. The van der Waals surface area contributed by atoms with Gasteiger partial charge in [-0.2, -0.15) is 0 Å². The van der Waals surface area contributed by atoms with Gasteiger partial charge in [0.2, 0.25) is 0 Å². The van der Waals surface area contributed by atoms with Crippen LogP contribution in [-0.2, 0) is 6.42 Å². The SMILES string of the molecule is CCc1ccsc1C(N)c1cc2cccc(F)c2o1. The molecule has 19 heavy (non-hydrogen) atoms. The topological polar surface area (TPSA) is 39.2 Å². The lowest BCUT2D eigenvalue weighted by Crippen LogP contribution is -2.10. The first-order valence-corrected chi connectivity index (χ1v) is 7.08. The van der Waals surface area contributed by atoms with Crippen molar-refractivity contribution < 1.29 is 8.81 Å². The summed E-state index contributed by atoms with van der Waals surface area (Å²) in [7, 11) is 0. The van der Waals surface area contributed by atoms with Crippen molar-refractivity contribution in [2.75, 3.05) is 0 Å². The van der Waals surface area contributed by atoms with Crippen molar-refractivity contribution in [3.63, 3.8) is 0 Å². The average Bonchev–Trinajstić information content (AvgIpc) is 3.04. The number of furan rings is 1. The van der Waals surface area contributed by atoms with Gasteiger partial charge >= 0.3 is 0 Å². The molecule has 0 bridgehead atoms. The van der Waals surface area contributed by atoms with E-state index in [1.807, 2.05) is 17.5 Å². The Morgan fingerprint density at radius 2 is 2.21 bits per heavy atom. The van der Waals surface area contributed by atoms with E-state index in [9.17, 15) is 4.39 Å². The second-order valence-electron chi connectivity index (χ2n) is 4.45. The first-order valence-electron chi connectivity index (χ1n) is 6.20. The van der Waals surface area contributed by atoms with Crippen LogP contribution in [-0.4, -0.2) is 0 Å². The molecule has 98 valence electrons. The highest BCUT2D eigenvalue weighted by Gasteiger charge is 2.19. The number of nitrogens with two attached hydrogens (primary N) is 1. The maximum absolute atomic E-state index is 13.6. The van der Waals surface area contributed by atoms with Crippen molar-refractivity contribution in [3.05, 3.63) is 57.7 Å². The maximum Gasteiger partial charge on any atom is 0.169 e. The predicted octanol–water partition coefficient (Wildman–Crippen LogP) is 4.24. The van der Waals surface area contributed by atoms with Crippen LogP contribution in [0.25, 0.3) is 11.0 Å². The monoisotopic (exact) mass is 275 g/mol. The molecule has 2 nitrogen and oxygen atoms in total. The number of rotatable bonds is 3. The summed E-state index contributed by atoms with van der Waals surface area (Å²) < 4.78 is 19.2. The fourth-order valence-corrected chi connectivity index (χ4v) is 3.25. The molecule has 0 radical (unpaired) electrons. The Morgan fingerprint density at radius 1 is 1.37 bits per heavy atom. The summed E-state index contributed by atoms with van der Waals surface area (Å²) in [6.45, 7) is 2.09. The Bertz CT molecular complexity index is 716. The zero-order valence-corrected chi connectivity index (χ0v) is 11.3. The molecule has 0 fully saturated rings. The number of hydrogen-bond donors (Lipinski definition) is 1. The minimum Gasteiger partial charge on any atom is -0.456 e. The molecule has 0 saturated carbocycles. The van der Waals surface area contributed by atoms with Crippen LogP contribution in [0.1, 0.15) is 29.2 Å². The van der Waals surface area contributed by atoms with Gasteiger partial charge in [-0.05, 0) is 35.6 Å². The van der Waals surface area contributed by atoms with Crippen LogP contribution in [0.3, 0.4) is 0 Å². The highest BCUT2D eigenvalue weighted by atomic mass is 32.1. The largest absolute Gasteiger partial charge is 0.456 e. The first kappa shape index (κ1) is 12.4. The molecule has 0 aliphatic heterocycles. The molecule has 0 saturated heterocycles. The molecule has 0 amide bonds. The smallest absolute Gasteiger partial charge is 0.169 e. The number of benzene rings is 1. The molecule has 4 heteroatoms. The van der Waals surface area contributed by atoms with Gasteiger partial charge < -0.3 is 10.2 Å². The van der Waals surface area contributed by atoms with Gasteiger partial charge in [-0.3, -0.25) is 0 Å². The van der Waals surface area contributed by atoms with Gasteiger partial charge in [0.05, 0.1) is 6.04 Å². The van der Waals surface area contributed by atoms with Crippen LogP contribution in [0.4, 0.5) is 4.39 Å². The summed E-state index contributed by atoms with van der Waals surface area (Å²) >= 11 is 1.61. The van der Waals surface area contributed by atoms with Crippen molar-refractivity contribution >= 4 is 22.3 Å². The Balaban J connectivity index is 2.07. The summed E-state index contributed by atoms with van der Waals surface area (Å²) in [6, 6.07) is 8.45. The second-order valence-corrected chi connectivity index (χ2v) is 5.40. The molecule has 1 aromatic carbocycles. The van der Waals surface area contributed by atoms with E-state index in [4.69, 9.17) is 10.2 Å². The molecule has 2 heterocycles. The minimum absolute atomic E-state index is 0.280. The van der Waals surface area contributed by atoms with Gasteiger partial charge in [0, 0.05) is 10.3 Å². The van der Waals surface area contributed by atoms with Crippen molar-refractivity contribution in [2.24, 2.45) is 5.73 Å². The second kappa shape index (κ2) is 4.79. The lowest BCUT2D eigenvalue weighted by molar-refractivity contribution is 0.503. The summed E-state index contributed by atoms with van der Waals surface area (Å²) in [4.78, 5) is 1.09. The van der Waals surface area contributed by atoms with E-state index >= 15 is 0 Å². The van der Waals surface area contributed by atoms with Gasteiger partial charge in [-0.15, -0.1) is 11.3 Å². The Kier molecular flexibility index (Phi) is 3.12. The van der Waals surface area contributed by atoms with E-state index in [0.29, 0.717) is 5.76 Å². The van der Waals surface area contributed by atoms with Gasteiger partial charge in [0.1, 0.15) is 5.76 Å². The van der Waals surface area contributed by atoms with Gasteiger partial charge in [0.15, 0.2) is 11.4 Å². The molecule has 0 aliphatic rings. The average molecular weight is 275 g/mol. The van der Waals surface area contributed by atoms with Crippen LogP contribution >= 0.6 is 11.3 Å². The fraction of sp³-hybridized carbons (Fsp3) is 0.200. The number of thiophene rings is 1. The third kappa shape index (κ3) is 2.07. The van der Waals surface area contributed by atoms with E-state index in [-0.39, 0.29) is 17.4 Å². The number of halogens is 1. The van der Waals surface area contributed by atoms with Crippen LogP contribution in [0, 0.1) is 5.82 Å². The third-order valence-corrected chi connectivity index (χ3v) is 4.31. The molecule has 3 aromatic rings. The lowest BCUT2D eigenvalue weighted by atomic mass is 10.1. The highest BCUT2D eigenvalue weighted by molar-refractivity contribution is 7.10. The number of para-hydroxylation sites is 1. The minimum atomic E-state index is -0.349. The summed E-state index contributed by atoms with van der Waals surface area (Å²) in [5.74, 6) is 0.259. The molecule has 3 rings (SSSR count). The number of aryl methyl sites for hydroxylation is 1. The summed E-state index contributed by atoms with van der Waals surface area (Å²) in [6.07, 6.45) is 0.932. The van der Waals surface area contributed by atoms with E-state index in [1.54, 1.807) is 17.4 Å². The normalized spacial score (nSPS) is 13.0. The fourth-order valence-electron chi connectivity index (χ4n) is 2.24. The molecular weight excluding hydrogens is 261 g/mol. The van der Waals surface area contributed by atoms with Crippen molar-refractivity contribution in [1.29, 1.82) is 0 Å². The van der Waals surface area contributed by atoms with Crippen molar-refractivity contribution in [3.8, 4) is 0 Å². The Morgan fingerprint density at radius 3 is 2.95 bits per heavy atom. The molecule has 1 atom stereocenters. The number of fused-ring (bicyclic) bond motifs is 1.